The lowest BCUT2D eigenvalue weighted by atomic mass is 9.61. The monoisotopic (exact) mass is 2100 g/mol. The zero-order chi connectivity index (χ0) is 102. The molecule has 19 atom stereocenters. The van der Waals surface area contributed by atoms with E-state index in [9.17, 15) is 61.0 Å². The number of nitrogens with zero attached hydrogens (tertiary/aromatic N) is 5. The molecule has 6 aromatic rings. The van der Waals surface area contributed by atoms with Crippen molar-refractivity contribution in [2.75, 3.05) is 133 Å². The van der Waals surface area contributed by atoms with Crippen LogP contribution in [0.2, 0.25) is 15.1 Å². The van der Waals surface area contributed by atoms with Gasteiger partial charge in [0, 0.05) is 145 Å². The van der Waals surface area contributed by atoms with E-state index >= 15 is 0 Å². The quantitative estimate of drug-likeness (QED) is 0.0441. The molecule has 144 heavy (non-hydrogen) atoms. The predicted octanol–water partition coefficient (Wildman–Crippen LogP) is 17.2. The number of fused-ring (bicyclic) bond motifs is 12. The Balaban J connectivity index is 0.000000143. The molecule has 25 nitrogen and oxygen atoms in total. The SMILES string of the molecule is C=S1(=O)NC(=O)c2ccc3c(c2)N(C[C@@H]2CC[C@H]2[C@@](O)(CCCCO)CCC[C@H](C)[C@H]1C)C[C@@]1(CCCc2cc(Cl)ccc21)CO3.C[C@@H]1[C@@H](C)CCC[C@@](O)(CCCCO)[C@@H]2CC[C@H]2CN2C[C@@]3(CCCc4cc(Cl)ccc43)COc3ccc(cc32)C(=O)NS1(=O)=O.C[C@@H]1[C@@H](C)CCC[C@@](O)(CN2CC(N3CCOCC3)C2)[C@@H]2CC[C@H]2CN2C[C@@]3(CCCc4cc(Cl)ccc43)COc3ccc(cc32)C(=O)NS1(=O)=O. The number of sulfonamides is 2. The first-order valence-electron chi connectivity index (χ1n) is 54.0. The van der Waals surface area contributed by atoms with E-state index in [2.05, 4.69) is 87.9 Å². The third-order valence-electron chi connectivity index (χ3n) is 37.1. The molecular formula is C113H155Cl3N8O17S3. The van der Waals surface area contributed by atoms with Gasteiger partial charge in [0.1, 0.15) is 17.2 Å². The average molecular weight is 2100 g/mol. The first-order valence-corrected chi connectivity index (χ1v) is 60.0. The highest BCUT2D eigenvalue weighted by Crippen LogP contribution is 2.56. The summed E-state index contributed by atoms with van der Waals surface area (Å²) in [6, 6.07) is 35.3. The number of aliphatic hydroxyl groups is 5. The van der Waals surface area contributed by atoms with Crippen LogP contribution in [0.4, 0.5) is 17.1 Å². The minimum Gasteiger partial charge on any atom is -0.490 e. The number of likely N-dealkylation sites (tertiary alicyclic amines) is 1. The molecule has 5 fully saturated rings. The molecule has 14 aliphatic rings. The summed E-state index contributed by atoms with van der Waals surface area (Å²) in [5.41, 5.74) is 7.65. The minimum atomic E-state index is -3.94. The molecule has 3 spiro atoms. The van der Waals surface area contributed by atoms with Gasteiger partial charge in [0.05, 0.1) is 87.1 Å². The number of carbonyl (C=O) groups excluding carboxylic acids is 3. The number of anilines is 3. The van der Waals surface area contributed by atoms with E-state index in [1.165, 1.54) is 33.4 Å². The van der Waals surface area contributed by atoms with Crippen molar-refractivity contribution < 1.29 is 79.9 Å². The van der Waals surface area contributed by atoms with Gasteiger partial charge in [-0.2, -0.15) is 0 Å². The van der Waals surface area contributed by atoms with Crippen molar-refractivity contribution in [2.24, 2.45) is 53.3 Å². The molecule has 6 aromatic carbocycles. The standard InChI is InChI=1S/C40H55ClN4O6S.C37H51ClN2O5S.C36H49ClN2O6S/c1-27-5-3-14-40(47,25-43-22-33(23-43)44-15-17-50-18-16-44)35-10-7-31(35)21-45-24-39(13-4-6-29-19-32(41)9-11-34(29)39)26-51-37-12-8-30(20-36(37)45)38(46)42-52(48,49)28(27)2;1-25-8-6-18-37(43,17-4-5-19-41)32-13-10-29(32)22-40-23-36(16-7-9-27-20-30(38)12-14-31(27)36)24-45-34-15-11-28(21-33(34)40)35(42)39-46(3,44)26(25)2;1-24-7-5-17-36(42,16-3-4-18-40)31-12-9-28(31)21-39-22-35(15-6-8-26-19-29(37)11-13-30(26)35)23-45-33-14-10-27(20-32(33)39)34(41)38-46(43,44)25(24)2/h8-9,11-12,19-20,27-28,31,33,35,47H,3-7,10,13-18,21-26H2,1-2H3,(H,42,46);11-12,14-15,20-21,25-26,29,32,41,43H,3-10,13,16-19,22-24H2,1-2H3,(H,39,42,44);10-11,13-14,19-20,24-25,28,31,40,42H,3-9,12,15-18,21-23H2,1-2H3,(H,38,41)/t27-,28+,31-,35+,39-,40+;25-,26+,29-,32+,36-,37+,46?;24-,25+,28-,31+,35-,36-/m000/s1. The molecule has 8 N–H and O–H groups in total. The molecule has 3 saturated carbocycles. The summed E-state index contributed by atoms with van der Waals surface area (Å²) < 4.78 is 101. The fourth-order valence-electron chi connectivity index (χ4n) is 27.5. The molecular weight excluding hydrogens is 1940 g/mol. The number of halogens is 3. The predicted molar refractivity (Wildman–Crippen MR) is 572 cm³/mol. The van der Waals surface area contributed by atoms with Crippen molar-refractivity contribution in [3.63, 3.8) is 0 Å². The number of unbranched alkanes of at least 4 members (excludes halogenated alkanes) is 2. The van der Waals surface area contributed by atoms with Crippen molar-refractivity contribution in [2.45, 2.75) is 289 Å². The minimum absolute atomic E-state index is 0.0532. The van der Waals surface area contributed by atoms with Crippen LogP contribution in [0.15, 0.2) is 109 Å². The molecule has 0 aromatic heterocycles. The van der Waals surface area contributed by atoms with Crippen LogP contribution >= 0.6 is 34.8 Å². The van der Waals surface area contributed by atoms with Gasteiger partial charge in [-0.1, -0.05) is 93.0 Å². The van der Waals surface area contributed by atoms with Gasteiger partial charge in [-0.15, -0.1) is 0 Å². The topological polar surface area (TPSA) is 327 Å². The smallest absolute Gasteiger partial charge is 0.264 e. The lowest BCUT2D eigenvalue weighted by Gasteiger charge is -2.54. The Labute approximate surface area is 869 Å². The average Bonchev–Trinajstić information content (AvgIpc) is 1.53. The number of nitrogens with one attached hydrogen (secondary N) is 3. The maximum absolute atomic E-state index is 13.8. The summed E-state index contributed by atoms with van der Waals surface area (Å²) in [6.45, 7) is 23.2. The fourth-order valence-corrected chi connectivity index (χ4v) is 32.3. The number of amides is 3. The van der Waals surface area contributed by atoms with Crippen molar-refractivity contribution in [1.29, 1.82) is 0 Å². The number of hydrogen-bond acceptors (Lipinski definition) is 22. The van der Waals surface area contributed by atoms with Crippen molar-refractivity contribution in [3.8, 4) is 17.2 Å². The Bertz CT molecular complexity index is 5770. The maximum atomic E-state index is 13.8. The van der Waals surface area contributed by atoms with Gasteiger partial charge in [-0.25, -0.2) is 30.5 Å². The number of aliphatic hydroxyl groups excluding tert-OH is 2. The second-order valence-corrected chi connectivity index (χ2v) is 54.0. The van der Waals surface area contributed by atoms with Crippen LogP contribution in [0.5, 0.6) is 17.2 Å². The number of benzene rings is 6. The molecule has 0 radical (unpaired) electrons. The number of carbonyl (C=O) groups is 3. The van der Waals surface area contributed by atoms with Crippen LogP contribution in [-0.4, -0.2) is 237 Å². The van der Waals surface area contributed by atoms with E-state index in [1.54, 1.807) is 44.2 Å². The lowest BCUT2D eigenvalue weighted by Crippen LogP contribution is -2.66. The van der Waals surface area contributed by atoms with Gasteiger partial charge in [-0.3, -0.25) is 28.9 Å². The Kier molecular flexibility index (Phi) is 32.7. The normalized spacial score (nSPS) is 34.0. The Morgan fingerprint density at radius 2 is 0.757 bits per heavy atom. The van der Waals surface area contributed by atoms with Crippen LogP contribution < -0.4 is 43.1 Å². The van der Waals surface area contributed by atoms with Gasteiger partial charge in [0.15, 0.2) is 0 Å². The molecule has 1 unspecified atom stereocenters. The van der Waals surface area contributed by atoms with Crippen LogP contribution in [0, 0.1) is 53.3 Å². The number of ether oxygens (including phenoxy) is 4. The molecule has 3 amide bonds. The Morgan fingerprint density at radius 1 is 0.410 bits per heavy atom. The van der Waals surface area contributed by atoms with Crippen molar-refractivity contribution >= 4 is 105 Å². The number of rotatable bonds is 11. The second-order valence-electron chi connectivity index (χ2n) is 46.2. The molecule has 20 rings (SSSR count). The largest absolute Gasteiger partial charge is 0.490 e. The fraction of sp³-hybridized carbons (Fsp3) is 0.646. The molecule has 788 valence electrons. The van der Waals surface area contributed by atoms with E-state index in [-0.39, 0.29) is 99.4 Å². The van der Waals surface area contributed by atoms with Crippen molar-refractivity contribution in [1.82, 2.24) is 24.0 Å². The summed E-state index contributed by atoms with van der Waals surface area (Å²) in [4.78, 5) is 52.8. The molecule has 8 aliphatic heterocycles. The highest BCUT2D eigenvalue weighted by atomic mass is 35.5. The summed E-state index contributed by atoms with van der Waals surface area (Å²) >= 11 is 19.4. The van der Waals surface area contributed by atoms with Crippen LogP contribution in [0.1, 0.15) is 279 Å². The summed E-state index contributed by atoms with van der Waals surface area (Å²) in [6.07, 6.45) is 25.2. The highest BCUT2D eigenvalue weighted by molar-refractivity contribution is 7.99. The molecule has 8 heterocycles. The van der Waals surface area contributed by atoms with E-state index < -0.39 is 68.9 Å². The molecule has 31 heteroatoms. The highest BCUT2D eigenvalue weighted by Gasteiger charge is 2.55. The van der Waals surface area contributed by atoms with E-state index in [0.717, 1.165) is 225 Å². The zero-order valence-corrected chi connectivity index (χ0v) is 90.0. The first kappa shape index (κ1) is 107. The summed E-state index contributed by atoms with van der Waals surface area (Å²) in [7, 11) is -10.8. The molecule has 6 bridgehead atoms. The van der Waals surface area contributed by atoms with Crippen LogP contribution in [-0.2, 0) is 70.0 Å². The van der Waals surface area contributed by atoms with Gasteiger partial charge in [0.25, 0.3) is 17.7 Å². The van der Waals surface area contributed by atoms with E-state index in [0.29, 0.717) is 139 Å². The Hall–Kier alpha value is -7.00. The lowest BCUT2D eigenvalue weighted by molar-refractivity contribution is -0.126. The zero-order valence-electron chi connectivity index (χ0n) is 85.3. The van der Waals surface area contributed by atoms with Gasteiger partial charge >= 0.3 is 0 Å². The van der Waals surface area contributed by atoms with Gasteiger partial charge in [0.2, 0.25) is 20.0 Å². The number of β-amino-alcohol motifs (C(OH)–C–C–N with tert-alkyl or cyclic N) is 1. The van der Waals surface area contributed by atoms with Gasteiger partial charge < -0.3 is 59.2 Å². The summed E-state index contributed by atoms with van der Waals surface area (Å²) in [5.74, 6) is 5.31. The third-order valence-corrected chi connectivity index (χ3v) is 43.9. The van der Waals surface area contributed by atoms with Crippen LogP contribution in [0.25, 0.3) is 0 Å². The second kappa shape index (κ2) is 44.1. The number of hydrogen-bond donors (Lipinski definition) is 8. The third kappa shape index (κ3) is 22.7. The van der Waals surface area contributed by atoms with Crippen molar-refractivity contribution in [3.05, 3.63) is 174 Å². The van der Waals surface area contributed by atoms with Gasteiger partial charge in [-0.05, 0) is 378 Å². The molecule has 6 aliphatic carbocycles. The van der Waals surface area contributed by atoms with E-state index in [1.807, 2.05) is 63.2 Å². The molecule has 2 saturated heterocycles. The van der Waals surface area contributed by atoms with E-state index in [4.69, 9.17) is 53.8 Å². The first-order chi connectivity index (χ1) is 68.8. The Morgan fingerprint density at radius 3 is 1.11 bits per heavy atom. The summed E-state index contributed by atoms with van der Waals surface area (Å²) in [5, 5.41) is 56.8. The van der Waals surface area contributed by atoms with Crippen LogP contribution in [0.3, 0.4) is 0 Å². The number of morpholine rings is 1. The maximum Gasteiger partial charge on any atom is 0.264 e. The number of aryl methyl sites for hydroxylation is 3.